The van der Waals surface area contributed by atoms with Crippen LogP contribution in [0.25, 0.3) is 0 Å². The van der Waals surface area contributed by atoms with Crippen molar-refractivity contribution in [2.24, 2.45) is 0 Å². The molecule has 0 aliphatic carbocycles. The van der Waals surface area contributed by atoms with E-state index in [-0.39, 0.29) is 4.90 Å². The molecule has 112 valence electrons. The number of thiocarbonyl (C=S) groups is 1. The zero-order valence-electron chi connectivity index (χ0n) is 11.8. The molecule has 5 nitrogen and oxygen atoms in total. The van der Waals surface area contributed by atoms with Gasteiger partial charge in [-0.25, -0.2) is 13.1 Å². The number of anilines is 1. The molecule has 0 saturated carbocycles. The van der Waals surface area contributed by atoms with Gasteiger partial charge in [0.25, 0.3) is 0 Å². The minimum Gasteiger partial charge on any atom is -0.362 e. The third kappa shape index (κ3) is 5.44. The van der Waals surface area contributed by atoms with Crippen LogP contribution in [0.5, 0.6) is 0 Å². The maximum absolute atomic E-state index is 11.8. The fourth-order valence-electron chi connectivity index (χ4n) is 1.54. The molecule has 1 aromatic carbocycles. The second-order valence-electron chi connectivity index (χ2n) is 4.26. The van der Waals surface area contributed by atoms with Crippen molar-refractivity contribution in [1.82, 2.24) is 10.0 Å². The van der Waals surface area contributed by atoms with E-state index in [1.165, 1.54) is 0 Å². The Morgan fingerprint density at radius 1 is 1.20 bits per heavy atom. The highest BCUT2D eigenvalue weighted by Gasteiger charge is 2.11. The van der Waals surface area contributed by atoms with Crippen LogP contribution < -0.4 is 15.4 Å². The average molecular weight is 315 g/mol. The Bertz CT molecular complexity index is 527. The van der Waals surface area contributed by atoms with Gasteiger partial charge in [0, 0.05) is 18.8 Å². The van der Waals surface area contributed by atoms with Gasteiger partial charge in [-0.1, -0.05) is 20.3 Å². The minimum atomic E-state index is -3.40. The maximum Gasteiger partial charge on any atom is 0.240 e. The first-order chi connectivity index (χ1) is 9.49. The van der Waals surface area contributed by atoms with Crippen molar-refractivity contribution in [3.63, 3.8) is 0 Å². The number of rotatable bonds is 7. The van der Waals surface area contributed by atoms with Crippen molar-refractivity contribution in [2.45, 2.75) is 31.6 Å². The van der Waals surface area contributed by atoms with Gasteiger partial charge in [-0.2, -0.15) is 0 Å². The number of sulfonamides is 1. The van der Waals surface area contributed by atoms with Crippen LogP contribution in [0.1, 0.15) is 26.7 Å². The van der Waals surface area contributed by atoms with E-state index >= 15 is 0 Å². The van der Waals surface area contributed by atoms with Gasteiger partial charge in [-0.05, 0) is 42.9 Å². The first kappa shape index (κ1) is 16.9. The second-order valence-corrected chi connectivity index (χ2v) is 6.44. The van der Waals surface area contributed by atoms with Gasteiger partial charge >= 0.3 is 0 Å². The summed E-state index contributed by atoms with van der Waals surface area (Å²) in [4.78, 5) is 0.245. The van der Waals surface area contributed by atoms with Crippen LogP contribution >= 0.6 is 12.2 Å². The highest BCUT2D eigenvalue weighted by atomic mass is 32.2. The predicted molar refractivity (Wildman–Crippen MR) is 86.4 cm³/mol. The van der Waals surface area contributed by atoms with E-state index in [0.717, 1.165) is 25.1 Å². The normalized spacial score (nSPS) is 11.1. The van der Waals surface area contributed by atoms with E-state index in [2.05, 4.69) is 22.3 Å². The molecule has 0 bridgehead atoms. The lowest BCUT2D eigenvalue weighted by Crippen LogP contribution is -2.29. The molecule has 1 aromatic rings. The molecule has 0 radical (unpaired) electrons. The number of benzene rings is 1. The Morgan fingerprint density at radius 2 is 1.85 bits per heavy atom. The summed E-state index contributed by atoms with van der Waals surface area (Å²) in [6.07, 6.45) is 2.16. The number of unbranched alkanes of at least 4 members (excludes halogenated alkanes) is 1. The Morgan fingerprint density at radius 3 is 2.40 bits per heavy atom. The lowest BCUT2D eigenvalue weighted by atomic mass is 10.3. The lowest BCUT2D eigenvalue weighted by Gasteiger charge is -2.11. The van der Waals surface area contributed by atoms with Crippen molar-refractivity contribution in [3.8, 4) is 0 Å². The molecule has 1 rings (SSSR count). The van der Waals surface area contributed by atoms with Crippen molar-refractivity contribution >= 4 is 33.0 Å². The molecule has 0 heterocycles. The number of hydrogen-bond donors (Lipinski definition) is 3. The fourth-order valence-corrected chi connectivity index (χ4v) is 2.81. The molecule has 0 fully saturated rings. The summed E-state index contributed by atoms with van der Waals surface area (Å²) in [5.41, 5.74) is 0.759. The van der Waals surface area contributed by atoms with Gasteiger partial charge in [-0.3, -0.25) is 0 Å². The Kier molecular flexibility index (Phi) is 6.90. The van der Waals surface area contributed by atoms with E-state index in [1.807, 2.05) is 0 Å². The van der Waals surface area contributed by atoms with Gasteiger partial charge in [0.05, 0.1) is 4.90 Å². The summed E-state index contributed by atoms with van der Waals surface area (Å²) in [5.74, 6) is 0. The molecule has 0 spiro atoms. The standard InChI is InChI=1S/C13H21N3O2S2/c1-3-5-10-14-13(19)16-11-6-8-12(9-7-11)20(17,18)15-4-2/h6-9,15H,3-5,10H2,1-2H3,(H2,14,16,19). The third-order valence-electron chi connectivity index (χ3n) is 2.57. The van der Waals surface area contributed by atoms with E-state index < -0.39 is 10.0 Å². The van der Waals surface area contributed by atoms with Crippen molar-refractivity contribution in [1.29, 1.82) is 0 Å². The quantitative estimate of drug-likeness (QED) is 0.531. The van der Waals surface area contributed by atoms with Crippen LogP contribution in [-0.4, -0.2) is 26.6 Å². The average Bonchev–Trinajstić information content (AvgIpc) is 2.39. The summed E-state index contributed by atoms with van der Waals surface area (Å²) in [6.45, 7) is 5.05. The first-order valence-electron chi connectivity index (χ1n) is 6.64. The van der Waals surface area contributed by atoms with Crippen molar-refractivity contribution in [3.05, 3.63) is 24.3 Å². The lowest BCUT2D eigenvalue weighted by molar-refractivity contribution is 0.584. The zero-order chi connectivity index (χ0) is 15.0. The topological polar surface area (TPSA) is 70.2 Å². The molecule has 0 aliphatic rings. The van der Waals surface area contributed by atoms with Gasteiger partial charge in [0.2, 0.25) is 10.0 Å². The SMILES string of the molecule is CCCCNC(=S)Nc1ccc(S(=O)(=O)NCC)cc1. The molecular weight excluding hydrogens is 294 g/mol. The summed E-state index contributed by atoms with van der Waals surface area (Å²) < 4.78 is 26.0. The molecule has 3 N–H and O–H groups in total. The summed E-state index contributed by atoms with van der Waals surface area (Å²) >= 11 is 5.14. The van der Waals surface area contributed by atoms with Gasteiger partial charge < -0.3 is 10.6 Å². The predicted octanol–water partition coefficient (Wildman–Crippen LogP) is 2.07. The first-order valence-corrected chi connectivity index (χ1v) is 8.53. The molecule has 7 heteroatoms. The van der Waals surface area contributed by atoms with Crippen molar-refractivity contribution in [2.75, 3.05) is 18.4 Å². The smallest absolute Gasteiger partial charge is 0.240 e. The zero-order valence-corrected chi connectivity index (χ0v) is 13.4. The molecule has 0 saturated heterocycles. The highest BCUT2D eigenvalue weighted by molar-refractivity contribution is 7.89. The van der Waals surface area contributed by atoms with Crippen LogP contribution in [0.2, 0.25) is 0 Å². The van der Waals surface area contributed by atoms with Crippen LogP contribution in [0.4, 0.5) is 5.69 Å². The largest absolute Gasteiger partial charge is 0.362 e. The van der Waals surface area contributed by atoms with Crippen LogP contribution in [0.3, 0.4) is 0 Å². The molecule has 0 unspecified atom stereocenters. The fraction of sp³-hybridized carbons (Fsp3) is 0.462. The van der Waals surface area contributed by atoms with E-state index in [9.17, 15) is 8.42 Å². The molecule has 0 aromatic heterocycles. The molecule has 0 amide bonds. The van der Waals surface area contributed by atoms with E-state index in [1.54, 1.807) is 31.2 Å². The minimum absolute atomic E-state index is 0.245. The number of hydrogen-bond acceptors (Lipinski definition) is 3. The summed E-state index contributed by atoms with van der Waals surface area (Å²) in [7, 11) is -3.40. The Hall–Kier alpha value is -1.18. The Labute approximate surface area is 126 Å². The molecule has 0 aliphatic heterocycles. The Balaban J connectivity index is 2.61. The van der Waals surface area contributed by atoms with Gasteiger partial charge in [0.15, 0.2) is 5.11 Å². The van der Waals surface area contributed by atoms with E-state index in [0.29, 0.717) is 11.7 Å². The van der Waals surface area contributed by atoms with Crippen LogP contribution in [-0.2, 0) is 10.0 Å². The van der Waals surface area contributed by atoms with Gasteiger partial charge in [-0.15, -0.1) is 0 Å². The van der Waals surface area contributed by atoms with Crippen LogP contribution in [0.15, 0.2) is 29.2 Å². The monoisotopic (exact) mass is 315 g/mol. The molecule has 20 heavy (non-hydrogen) atoms. The third-order valence-corrected chi connectivity index (χ3v) is 4.38. The molecular formula is C13H21N3O2S2. The van der Waals surface area contributed by atoms with Crippen molar-refractivity contribution < 1.29 is 8.42 Å². The summed E-state index contributed by atoms with van der Waals surface area (Å²) in [6, 6.07) is 6.49. The molecule has 0 atom stereocenters. The summed E-state index contributed by atoms with van der Waals surface area (Å²) in [5, 5.41) is 6.65. The second kappa shape index (κ2) is 8.18. The van der Waals surface area contributed by atoms with Gasteiger partial charge in [0.1, 0.15) is 0 Å². The van der Waals surface area contributed by atoms with E-state index in [4.69, 9.17) is 12.2 Å². The van der Waals surface area contributed by atoms with Crippen LogP contribution in [0, 0.1) is 0 Å². The maximum atomic E-state index is 11.8. The highest BCUT2D eigenvalue weighted by Crippen LogP contribution is 2.13. The number of nitrogens with one attached hydrogen (secondary N) is 3.